The largest absolute Gasteiger partial charge is 0.487 e. The summed E-state index contributed by atoms with van der Waals surface area (Å²) in [5.74, 6) is 0.842. The number of benzene rings is 1. The molecule has 0 fully saturated rings. The number of rotatable bonds is 6. The number of nitrogens with one attached hydrogen (secondary N) is 2. The van der Waals surface area contributed by atoms with E-state index >= 15 is 0 Å². The van der Waals surface area contributed by atoms with Crippen LogP contribution in [0, 0.1) is 6.92 Å². The summed E-state index contributed by atoms with van der Waals surface area (Å²) >= 11 is 0. The Balaban J connectivity index is 1.67. The van der Waals surface area contributed by atoms with Crippen molar-refractivity contribution in [1.29, 1.82) is 0 Å². The molecule has 0 saturated heterocycles. The fraction of sp³-hybridized carbons (Fsp3) is 0.227. The number of urea groups is 1. The maximum atomic E-state index is 12.7. The van der Waals surface area contributed by atoms with Gasteiger partial charge in [-0.15, -0.1) is 0 Å². The summed E-state index contributed by atoms with van der Waals surface area (Å²) in [5, 5.41) is 6.04. The number of fused-ring (bicyclic) bond motifs is 1. The van der Waals surface area contributed by atoms with Crippen LogP contribution in [0.1, 0.15) is 24.5 Å². The Kier molecular flexibility index (Phi) is 5.48. The van der Waals surface area contributed by atoms with E-state index < -0.39 is 23.7 Å². The lowest BCUT2D eigenvalue weighted by molar-refractivity contribution is -0.139. The summed E-state index contributed by atoms with van der Waals surface area (Å²) in [6.45, 7) is 3.50. The quantitative estimate of drug-likeness (QED) is 0.461. The van der Waals surface area contributed by atoms with Crippen molar-refractivity contribution in [3.63, 3.8) is 0 Å². The highest BCUT2D eigenvalue weighted by Gasteiger charge is 2.35. The Labute approximate surface area is 176 Å². The highest BCUT2D eigenvalue weighted by Crippen LogP contribution is 2.29. The number of carbonyl (C=O) groups excluding carboxylic acids is 2. The van der Waals surface area contributed by atoms with Gasteiger partial charge in [0.15, 0.2) is 0 Å². The number of amides is 2. The van der Waals surface area contributed by atoms with E-state index in [-0.39, 0.29) is 24.5 Å². The first-order valence-electron chi connectivity index (χ1n) is 9.65. The van der Waals surface area contributed by atoms with Gasteiger partial charge in [-0.2, -0.15) is 0 Å². The van der Waals surface area contributed by atoms with Gasteiger partial charge < -0.3 is 28.9 Å². The van der Waals surface area contributed by atoms with Crippen LogP contribution in [0.2, 0.25) is 0 Å². The molecule has 160 valence electrons. The van der Waals surface area contributed by atoms with Gasteiger partial charge in [-0.1, -0.05) is 0 Å². The molecule has 0 saturated carbocycles. The van der Waals surface area contributed by atoms with E-state index in [1.165, 1.54) is 6.07 Å². The van der Waals surface area contributed by atoms with Gasteiger partial charge in [0.25, 0.3) is 0 Å². The number of aryl methyl sites for hydroxylation is 1. The van der Waals surface area contributed by atoms with E-state index in [2.05, 4.69) is 10.6 Å². The molecule has 3 heterocycles. The maximum Gasteiger partial charge on any atom is 0.338 e. The lowest BCUT2D eigenvalue weighted by atomic mass is 10.0. The first-order valence-corrected chi connectivity index (χ1v) is 9.65. The number of carbonyl (C=O) groups is 2. The van der Waals surface area contributed by atoms with Crippen molar-refractivity contribution < 1.29 is 27.9 Å². The summed E-state index contributed by atoms with van der Waals surface area (Å²) in [6, 6.07) is 10.1. The molecule has 0 aliphatic carbocycles. The lowest BCUT2D eigenvalue weighted by Gasteiger charge is -2.27. The Morgan fingerprint density at radius 2 is 1.90 bits per heavy atom. The van der Waals surface area contributed by atoms with Crippen molar-refractivity contribution in [3.05, 3.63) is 75.7 Å². The molecule has 1 aromatic carbocycles. The van der Waals surface area contributed by atoms with Gasteiger partial charge >= 0.3 is 17.6 Å². The molecule has 1 atom stereocenters. The minimum Gasteiger partial charge on any atom is -0.487 e. The molecule has 1 aliphatic heterocycles. The van der Waals surface area contributed by atoms with Crippen LogP contribution in [0.5, 0.6) is 5.75 Å². The third-order valence-corrected chi connectivity index (χ3v) is 4.67. The third-order valence-electron chi connectivity index (χ3n) is 4.67. The predicted molar refractivity (Wildman–Crippen MR) is 109 cm³/mol. The lowest BCUT2D eigenvalue weighted by Crippen LogP contribution is -2.47. The molecule has 4 rings (SSSR count). The summed E-state index contributed by atoms with van der Waals surface area (Å²) in [6.07, 6.45) is 0. The molecule has 1 aliphatic rings. The molecule has 9 heteroatoms. The number of furan rings is 1. The van der Waals surface area contributed by atoms with Crippen LogP contribution in [0.4, 0.5) is 4.79 Å². The molecule has 31 heavy (non-hydrogen) atoms. The van der Waals surface area contributed by atoms with Gasteiger partial charge in [-0.25, -0.2) is 14.4 Å². The van der Waals surface area contributed by atoms with E-state index in [0.29, 0.717) is 22.9 Å². The highest BCUT2D eigenvalue weighted by atomic mass is 16.5. The zero-order chi connectivity index (χ0) is 22.0. The normalized spacial score (nSPS) is 16.1. The van der Waals surface area contributed by atoms with E-state index in [1.807, 2.05) is 0 Å². The molecule has 0 spiro atoms. The minimum absolute atomic E-state index is 0.125. The van der Waals surface area contributed by atoms with E-state index in [4.69, 9.17) is 18.3 Å². The third kappa shape index (κ3) is 4.30. The molecule has 9 nitrogen and oxygen atoms in total. The summed E-state index contributed by atoms with van der Waals surface area (Å²) < 4.78 is 21.8. The summed E-state index contributed by atoms with van der Waals surface area (Å²) in [5.41, 5.74) is 0.320. The molecule has 2 aromatic heterocycles. The fourth-order valence-electron chi connectivity index (χ4n) is 3.29. The van der Waals surface area contributed by atoms with E-state index in [1.54, 1.807) is 50.2 Å². The molecular weight excluding hydrogens is 404 g/mol. The molecular formula is C22H20N2O7. The SMILES string of the molecule is CCOC(=O)C1=C(COc2ccc3ccc(=O)oc3c2)NC(=O)N[C@@H]1c1ccc(C)o1. The van der Waals surface area contributed by atoms with Crippen molar-refractivity contribution in [1.82, 2.24) is 10.6 Å². The van der Waals surface area contributed by atoms with E-state index in [9.17, 15) is 14.4 Å². The Hall–Kier alpha value is -4.01. The smallest absolute Gasteiger partial charge is 0.338 e. The maximum absolute atomic E-state index is 12.7. The topological polar surface area (TPSA) is 120 Å². The van der Waals surface area contributed by atoms with Gasteiger partial charge in [-0.3, -0.25) is 0 Å². The Morgan fingerprint density at radius 3 is 2.65 bits per heavy atom. The summed E-state index contributed by atoms with van der Waals surface area (Å²) in [7, 11) is 0. The van der Waals surface area contributed by atoms with Crippen LogP contribution in [0.15, 0.2) is 67.4 Å². The van der Waals surface area contributed by atoms with Crippen LogP contribution in [-0.4, -0.2) is 25.2 Å². The number of hydrogen-bond donors (Lipinski definition) is 2. The van der Waals surface area contributed by atoms with E-state index in [0.717, 1.165) is 5.39 Å². The molecule has 3 aromatic rings. The average molecular weight is 424 g/mol. The van der Waals surface area contributed by atoms with Crippen LogP contribution in [0.3, 0.4) is 0 Å². The number of esters is 1. The second-order valence-corrected chi connectivity index (χ2v) is 6.84. The van der Waals surface area contributed by atoms with Gasteiger partial charge in [0.05, 0.1) is 17.9 Å². The van der Waals surface area contributed by atoms with Gasteiger partial charge in [0.1, 0.15) is 35.5 Å². The Morgan fingerprint density at radius 1 is 1.10 bits per heavy atom. The van der Waals surface area contributed by atoms with Crippen LogP contribution in [-0.2, 0) is 9.53 Å². The molecule has 2 amide bonds. The summed E-state index contributed by atoms with van der Waals surface area (Å²) in [4.78, 5) is 36.4. The zero-order valence-corrected chi connectivity index (χ0v) is 16.9. The van der Waals surface area contributed by atoms with Gasteiger partial charge in [0.2, 0.25) is 0 Å². The average Bonchev–Trinajstić information content (AvgIpc) is 3.17. The van der Waals surface area contributed by atoms with Crippen LogP contribution in [0.25, 0.3) is 11.0 Å². The fourth-order valence-corrected chi connectivity index (χ4v) is 3.29. The van der Waals surface area contributed by atoms with Crippen molar-refractivity contribution >= 4 is 23.0 Å². The van der Waals surface area contributed by atoms with Gasteiger partial charge in [0, 0.05) is 17.5 Å². The standard InChI is InChI=1S/C22H20N2O7/c1-3-28-21(26)19-15(23-22(27)24-20(19)16-8-4-12(2)30-16)11-29-14-7-5-13-6-9-18(25)31-17(13)10-14/h4-10,20H,3,11H2,1-2H3,(H2,23,24,27)/t20-/m1/s1. The Bertz CT molecular complexity index is 1240. The van der Waals surface area contributed by atoms with Crippen molar-refractivity contribution in [2.45, 2.75) is 19.9 Å². The number of ether oxygens (including phenoxy) is 2. The van der Waals surface area contributed by atoms with Crippen LogP contribution >= 0.6 is 0 Å². The number of hydrogen-bond acceptors (Lipinski definition) is 7. The minimum atomic E-state index is -0.824. The second-order valence-electron chi connectivity index (χ2n) is 6.84. The van der Waals surface area contributed by atoms with Gasteiger partial charge in [-0.05, 0) is 44.2 Å². The molecule has 0 radical (unpaired) electrons. The molecule has 0 bridgehead atoms. The van der Waals surface area contributed by atoms with Crippen molar-refractivity contribution in [2.75, 3.05) is 13.2 Å². The first-order chi connectivity index (χ1) is 14.9. The highest BCUT2D eigenvalue weighted by molar-refractivity contribution is 5.95. The zero-order valence-electron chi connectivity index (χ0n) is 16.9. The second kappa shape index (κ2) is 8.39. The monoisotopic (exact) mass is 424 g/mol. The molecule has 0 unspecified atom stereocenters. The van der Waals surface area contributed by atoms with Crippen molar-refractivity contribution in [3.8, 4) is 5.75 Å². The van der Waals surface area contributed by atoms with Crippen LogP contribution < -0.4 is 21.0 Å². The first kappa shape index (κ1) is 20.3. The predicted octanol–water partition coefficient (Wildman–Crippen LogP) is 2.94. The van der Waals surface area contributed by atoms with Crippen molar-refractivity contribution in [2.24, 2.45) is 0 Å². The molecule has 2 N–H and O–H groups in total.